The lowest BCUT2D eigenvalue weighted by atomic mass is 10.2. The zero-order valence-corrected chi connectivity index (χ0v) is 15.1. The molecule has 0 aliphatic carbocycles. The second-order valence-corrected chi connectivity index (χ2v) is 7.01. The second kappa shape index (κ2) is 8.90. The Hall–Kier alpha value is -1.40. The molecule has 0 aromatic carbocycles. The number of hydrogen-bond donors (Lipinski definition) is 2. The molecule has 0 aliphatic heterocycles. The first-order chi connectivity index (χ1) is 10.7. The fourth-order valence-corrected chi connectivity index (χ4v) is 3.44. The smallest absolute Gasteiger partial charge is 0.191 e. The molecular formula is C16H24N4S2. The number of guanidine groups is 1. The number of aliphatic imine (C=N–C) groups is 1. The highest BCUT2D eigenvalue weighted by Crippen LogP contribution is 2.19. The van der Waals surface area contributed by atoms with Crippen LogP contribution in [-0.4, -0.2) is 24.0 Å². The van der Waals surface area contributed by atoms with E-state index in [-0.39, 0.29) is 0 Å². The molecule has 120 valence electrons. The van der Waals surface area contributed by atoms with Gasteiger partial charge in [-0.1, -0.05) is 13.8 Å². The van der Waals surface area contributed by atoms with Gasteiger partial charge in [0.15, 0.2) is 5.96 Å². The van der Waals surface area contributed by atoms with Crippen LogP contribution < -0.4 is 10.6 Å². The van der Waals surface area contributed by atoms with Crippen molar-refractivity contribution in [3.05, 3.63) is 38.5 Å². The van der Waals surface area contributed by atoms with Crippen LogP contribution in [0.15, 0.2) is 27.2 Å². The predicted octanol–water partition coefficient (Wildman–Crippen LogP) is 3.63. The Morgan fingerprint density at radius 1 is 1.32 bits per heavy atom. The van der Waals surface area contributed by atoms with Crippen LogP contribution in [-0.2, 0) is 13.0 Å². The standard InChI is InChI=1S/C16H24N4S2/c1-4-17-16(19-9-13-6-8-21-10-13)18-7-5-14-11-22-15(20-14)12(2)3/h6,8,10-12H,4-5,7,9H2,1-3H3,(H2,17,18,19). The van der Waals surface area contributed by atoms with Crippen molar-refractivity contribution >= 4 is 28.6 Å². The molecule has 2 aromatic rings. The van der Waals surface area contributed by atoms with Gasteiger partial charge < -0.3 is 10.6 Å². The minimum Gasteiger partial charge on any atom is -0.357 e. The van der Waals surface area contributed by atoms with Crippen LogP contribution in [0.25, 0.3) is 0 Å². The summed E-state index contributed by atoms with van der Waals surface area (Å²) in [6.07, 6.45) is 0.923. The minimum atomic E-state index is 0.510. The molecule has 22 heavy (non-hydrogen) atoms. The maximum absolute atomic E-state index is 4.66. The van der Waals surface area contributed by atoms with Gasteiger partial charge in [-0.15, -0.1) is 11.3 Å². The summed E-state index contributed by atoms with van der Waals surface area (Å²) in [5.41, 5.74) is 2.41. The highest BCUT2D eigenvalue weighted by Gasteiger charge is 2.06. The van der Waals surface area contributed by atoms with Gasteiger partial charge in [-0.05, 0) is 29.3 Å². The average Bonchev–Trinajstić information content (AvgIpc) is 3.16. The molecule has 4 nitrogen and oxygen atoms in total. The Morgan fingerprint density at radius 2 is 2.18 bits per heavy atom. The van der Waals surface area contributed by atoms with Gasteiger partial charge in [0.2, 0.25) is 0 Å². The van der Waals surface area contributed by atoms with Gasteiger partial charge in [0.05, 0.1) is 17.2 Å². The van der Waals surface area contributed by atoms with Crippen LogP contribution >= 0.6 is 22.7 Å². The van der Waals surface area contributed by atoms with Crippen LogP contribution in [0.4, 0.5) is 0 Å². The highest BCUT2D eigenvalue weighted by molar-refractivity contribution is 7.09. The molecule has 0 saturated heterocycles. The molecule has 2 heterocycles. The Morgan fingerprint density at radius 3 is 2.82 bits per heavy atom. The van der Waals surface area contributed by atoms with Gasteiger partial charge in [0, 0.05) is 30.8 Å². The fraction of sp³-hybridized carbons (Fsp3) is 0.500. The van der Waals surface area contributed by atoms with Crippen LogP contribution in [0.2, 0.25) is 0 Å². The van der Waals surface area contributed by atoms with Crippen molar-refractivity contribution in [3.63, 3.8) is 0 Å². The minimum absolute atomic E-state index is 0.510. The average molecular weight is 337 g/mol. The maximum atomic E-state index is 4.66. The summed E-state index contributed by atoms with van der Waals surface area (Å²) in [6, 6.07) is 2.11. The summed E-state index contributed by atoms with van der Waals surface area (Å²) in [7, 11) is 0. The fourth-order valence-electron chi connectivity index (χ4n) is 1.91. The van der Waals surface area contributed by atoms with Gasteiger partial charge in [0.1, 0.15) is 0 Å². The third-order valence-corrected chi connectivity index (χ3v) is 5.01. The van der Waals surface area contributed by atoms with Crippen molar-refractivity contribution in [1.82, 2.24) is 15.6 Å². The number of rotatable bonds is 7. The molecule has 6 heteroatoms. The van der Waals surface area contributed by atoms with Crippen LogP contribution in [0.3, 0.4) is 0 Å². The Balaban J connectivity index is 1.81. The van der Waals surface area contributed by atoms with Crippen molar-refractivity contribution in [3.8, 4) is 0 Å². The monoisotopic (exact) mass is 336 g/mol. The molecule has 0 aliphatic rings. The first-order valence-corrected chi connectivity index (χ1v) is 9.48. The summed E-state index contributed by atoms with van der Waals surface area (Å²) in [5, 5.41) is 14.2. The van der Waals surface area contributed by atoms with Crippen LogP contribution in [0, 0.1) is 0 Å². The van der Waals surface area contributed by atoms with E-state index >= 15 is 0 Å². The van der Waals surface area contributed by atoms with E-state index in [1.54, 1.807) is 22.7 Å². The van der Waals surface area contributed by atoms with E-state index in [0.29, 0.717) is 12.5 Å². The summed E-state index contributed by atoms with van der Waals surface area (Å²) in [6.45, 7) is 8.87. The van der Waals surface area contributed by atoms with Crippen molar-refractivity contribution in [2.75, 3.05) is 13.1 Å². The lowest BCUT2D eigenvalue weighted by Gasteiger charge is -2.10. The molecule has 0 amide bonds. The Labute approximate surface area is 140 Å². The third-order valence-electron chi connectivity index (χ3n) is 3.08. The van der Waals surface area contributed by atoms with Gasteiger partial charge in [-0.25, -0.2) is 9.98 Å². The van der Waals surface area contributed by atoms with E-state index in [9.17, 15) is 0 Å². The zero-order chi connectivity index (χ0) is 15.8. The molecule has 2 N–H and O–H groups in total. The number of thiazole rings is 1. The van der Waals surface area contributed by atoms with E-state index in [0.717, 1.165) is 31.2 Å². The molecule has 2 aromatic heterocycles. The molecular weight excluding hydrogens is 312 g/mol. The SMILES string of the molecule is CCNC(=NCc1ccsc1)NCCc1csc(C(C)C)n1. The Kier molecular flexibility index (Phi) is 6.86. The number of nitrogens with zero attached hydrogens (tertiary/aromatic N) is 2. The van der Waals surface area contributed by atoms with E-state index in [1.165, 1.54) is 10.6 Å². The van der Waals surface area contributed by atoms with Crippen molar-refractivity contribution in [2.24, 2.45) is 4.99 Å². The molecule has 0 atom stereocenters. The maximum Gasteiger partial charge on any atom is 0.191 e. The molecule has 2 rings (SSSR count). The summed E-state index contributed by atoms with van der Waals surface area (Å²) >= 11 is 3.46. The lowest BCUT2D eigenvalue weighted by Crippen LogP contribution is -2.38. The molecule has 0 unspecified atom stereocenters. The molecule has 0 spiro atoms. The van der Waals surface area contributed by atoms with E-state index in [2.05, 4.69) is 63.6 Å². The highest BCUT2D eigenvalue weighted by atomic mass is 32.1. The zero-order valence-electron chi connectivity index (χ0n) is 13.4. The lowest BCUT2D eigenvalue weighted by molar-refractivity contribution is 0.780. The number of thiophene rings is 1. The van der Waals surface area contributed by atoms with Gasteiger partial charge >= 0.3 is 0 Å². The summed E-state index contributed by atoms with van der Waals surface area (Å²) < 4.78 is 0. The third kappa shape index (κ3) is 5.42. The van der Waals surface area contributed by atoms with Gasteiger partial charge in [0.25, 0.3) is 0 Å². The second-order valence-electron chi connectivity index (χ2n) is 5.34. The van der Waals surface area contributed by atoms with Crippen molar-refractivity contribution < 1.29 is 0 Å². The number of nitrogens with one attached hydrogen (secondary N) is 2. The molecule has 0 fully saturated rings. The number of aromatic nitrogens is 1. The first kappa shape index (κ1) is 17.0. The van der Waals surface area contributed by atoms with Crippen molar-refractivity contribution in [1.29, 1.82) is 0 Å². The van der Waals surface area contributed by atoms with Crippen LogP contribution in [0.5, 0.6) is 0 Å². The topological polar surface area (TPSA) is 49.3 Å². The predicted molar refractivity (Wildman–Crippen MR) is 97.0 cm³/mol. The van der Waals surface area contributed by atoms with Gasteiger partial charge in [-0.3, -0.25) is 0 Å². The number of hydrogen-bond acceptors (Lipinski definition) is 4. The van der Waals surface area contributed by atoms with E-state index in [4.69, 9.17) is 0 Å². The van der Waals surface area contributed by atoms with E-state index in [1.807, 2.05) is 0 Å². The molecule has 0 bridgehead atoms. The quantitative estimate of drug-likeness (QED) is 0.600. The molecule has 0 saturated carbocycles. The van der Waals surface area contributed by atoms with Crippen LogP contribution in [0.1, 0.15) is 43.0 Å². The summed E-state index contributed by atoms with van der Waals surface area (Å²) in [4.78, 5) is 9.26. The van der Waals surface area contributed by atoms with Crippen molar-refractivity contribution in [2.45, 2.75) is 39.7 Å². The largest absolute Gasteiger partial charge is 0.357 e. The van der Waals surface area contributed by atoms with Gasteiger partial charge in [-0.2, -0.15) is 11.3 Å². The molecule has 0 radical (unpaired) electrons. The van der Waals surface area contributed by atoms with E-state index < -0.39 is 0 Å². The summed E-state index contributed by atoms with van der Waals surface area (Å²) in [5.74, 6) is 1.38. The normalized spacial score (nSPS) is 11.9. The Bertz CT molecular complexity index is 573. The first-order valence-electron chi connectivity index (χ1n) is 7.66.